The maximum atomic E-state index is 11.2. The number of nitrogens with zero attached hydrogens (tertiary/aromatic N) is 3. The summed E-state index contributed by atoms with van der Waals surface area (Å²) < 4.78 is 2.73. The van der Waals surface area contributed by atoms with Gasteiger partial charge in [-0.1, -0.05) is 6.58 Å². The minimum Gasteiger partial charge on any atom is -0.285 e. The highest BCUT2D eigenvalue weighted by atomic mass is 35.5. The van der Waals surface area contributed by atoms with E-state index in [4.69, 9.17) is 11.6 Å². The standard InChI is InChI=1S/C7H10ClN3O/c1-6(3-8)4-11-7(12)10(2)5-9-11/h5H,1,3-4H2,2H3. The SMILES string of the molecule is C=C(CCl)Cn1ncn(C)c1=O. The van der Waals surface area contributed by atoms with E-state index < -0.39 is 0 Å². The van der Waals surface area contributed by atoms with Crippen molar-refractivity contribution in [2.45, 2.75) is 6.54 Å². The van der Waals surface area contributed by atoms with Crippen LogP contribution in [0.3, 0.4) is 0 Å². The fourth-order valence-electron chi connectivity index (χ4n) is 0.783. The number of rotatable bonds is 3. The summed E-state index contributed by atoms with van der Waals surface area (Å²) in [5.41, 5.74) is 0.624. The van der Waals surface area contributed by atoms with E-state index >= 15 is 0 Å². The average molecular weight is 188 g/mol. The molecule has 1 aromatic rings. The van der Waals surface area contributed by atoms with Crippen molar-refractivity contribution in [2.24, 2.45) is 7.05 Å². The molecule has 1 rings (SSSR count). The molecule has 0 bridgehead atoms. The third kappa shape index (κ3) is 1.76. The van der Waals surface area contributed by atoms with Gasteiger partial charge < -0.3 is 0 Å². The molecular formula is C7H10ClN3O. The van der Waals surface area contributed by atoms with E-state index in [1.165, 1.54) is 15.6 Å². The van der Waals surface area contributed by atoms with Crippen LogP contribution in [0.4, 0.5) is 0 Å². The van der Waals surface area contributed by atoms with Crippen LogP contribution in [0.25, 0.3) is 0 Å². The summed E-state index contributed by atoms with van der Waals surface area (Å²) in [6.45, 7) is 4.07. The van der Waals surface area contributed by atoms with Crippen LogP contribution in [0, 0.1) is 0 Å². The Balaban J connectivity index is 2.83. The summed E-state index contributed by atoms with van der Waals surface area (Å²) in [5, 5.41) is 3.85. The van der Waals surface area contributed by atoms with Gasteiger partial charge in [-0.25, -0.2) is 9.48 Å². The first-order valence-electron chi connectivity index (χ1n) is 3.46. The van der Waals surface area contributed by atoms with Crippen molar-refractivity contribution in [1.29, 1.82) is 0 Å². The van der Waals surface area contributed by atoms with E-state index in [0.29, 0.717) is 12.4 Å². The fraction of sp³-hybridized carbons (Fsp3) is 0.429. The fourth-order valence-corrected chi connectivity index (χ4v) is 0.868. The maximum absolute atomic E-state index is 11.2. The predicted molar refractivity (Wildman–Crippen MR) is 47.3 cm³/mol. The number of aryl methyl sites for hydroxylation is 1. The predicted octanol–water partition coefficient (Wildman–Crippen LogP) is 0.377. The van der Waals surface area contributed by atoms with Gasteiger partial charge >= 0.3 is 5.69 Å². The third-order valence-electron chi connectivity index (χ3n) is 1.45. The molecule has 0 saturated heterocycles. The smallest absolute Gasteiger partial charge is 0.285 e. The minimum absolute atomic E-state index is 0.152. The number of allylic oxidation sites excluding steroid dienone is 1. The third-order valence-corrected chi connectivity index (χ3v) is 1.83. The normalized spacial score (nSPS) is 10.2. The maximum Gasteiger partial charge on any atom is 0.345 e. The summed E-state index contributed by atoms with van der Waals surface area (Å²) >= 11 is 5.51. The van der Waals surface area contributed by atoms with E-state index in [1.807, 2.05) is 0 Å². The molecule has 0 atom stereocenters. The Bertz CT molecular complexity index is 339. The molecule has 0 N–H and O–H groups in total. The van der Waals surface area contributed by atoms with Crippen LogP contribution in [0.5, 0.6) is 0 Å². The van der Waals surface area contributed by atoms with Gasteiger partial charge in [0.2, 0.25) is 0 Å². The Labute approximate surface area is 75.1 Å². The van der Waals surface area contributed by atoms with Crippen molar-refractivity contribution < 1.29 is 0 Å². The van der Waals surface area contributed by atoms with Crippen LogP contribution in [-0.2, 0) is 13.6 Å². The lowest BCUT2D eigenvalue weighted by atomic mass is 10.3. The molecule has 1 aromatic heterocycles. The lowest BCUT2D eigenvalue weighted by Crippen LogP contribution is -2.23. The van der Waals surface area contributed by atoms with E-state index in [1.54, 1.807) is 7.05 Å². The highest BCUT2D eigenvalue weighted by Crippen LogP contribution is 1.95. The van der Waals surface area contributed by atoms with E-state index in [0.717, 1.165) is 5.57 Å². The molecule has 0 amide bonds. The Morgan fingerprint density at radius 2 is 2.50 bits per heavy atom. The molecule has 12 heavy (non-hydrogen) atoms. The monoisotopic (exact) mass is 187 g/mol. The van der Waals surface area contributed by atoms with Gasteiger partial charge in [0.05, 0.1) is 6.54 Å². The summed E-state index contributed by atoms with van der Waals surface area (Å²) in [6.07, 6.45) is 1.46. The van der Waals surface area contributed by atoms with Gasteiger partial charge in [-0.05, 0) is 5.57 Å². The molecule has 0 radical (unpaired) electrons. The summed E-state index contributed by atoms with van der Waals surface area (Å²) in [4.78, 5) is 11.2. The first-order chi connectivity index (χ1) is 5.65. The van der Waals surface area contributed by atoms with Crippen molar-refractivity contribution in [3.05, 3.63) is 29.0 Å². The van der Waals surface area contributed by atoms with Gasteiger partial charge in [0.1, 0.15) is 6.33 Å². The van der Waals surface area contributed by atoms with Crippen molar-refractivity contribution in [1.82, 2.24) is 14.3 Å². The Kier molecular flexibility index (Phi) is 2.70. The largest absolute Gasteiger partial charge is 0.345 e. The van der Waals surface area contributed by atoms with E-state index in [9.17, 15) is 4.79 Å². The molecule has 0 aliphatic heterocycles. The Morgan fingerprint density at radius 1 is 1.83 bits per heavy atom. The lowest BCUT2D eigenvalue weighted by Gasteiger charge is -1.98. The van der Waals surface area contributed by atoms with Crippen molar-refractivity contribution in [3.8, 4) is 0 Å². The van der Waals surface area contributed by atoms with Gasteiger partial charge in [0.15, 0.2) is 0 Å². The zero-order valence-electron chi connectivity index (χ0n) is 6.83. The molecular weight excluding hydrogens is 178 g/mol. The second kappa shape index (κ2) is 3.58. The van der Waals surface area contributed by atoms with Crippen LogP contribution in [0.1, 0.15) is 0 Å². The number of halogens is 1. The molecule has 0 aromatic carbocycles. The first-order valence-corrected chi connectivity index (χ1v) is 3.99. The molecule has 0 saturated carbocycles. The number of alkyl halides is 1. The van der Waals surface area contributed by atoms with Gasteiger partial charge in [-0.15, -0.1) is 11.6 Å². The summed E-state index contributed by atoms with van der Waals surface area (Å²) in [5.74, 6) is 0.350. The van der Waals surface area contributed by atoms with Crippen LogP contribution >= 0.6 is 11.6 Å². The summed E-state index contributed by atoms with van der Waals surface area (Å²) in [6, 6.07) is 0. The van der Waals surface area contributed by atoms with E-state index in [-0.39, 0.29) is 5.69 Å². The van der Waals surface area contributed by atoms with Crippen molar-refractivity contribution in [3.63, 3.8) is 0 Å². The highest BCUT2D eigenvalue weighted by molar-refractivity contribution is 6.19. The Hall–Kier alpha value is -1.03. The zero-order chi connectivity index (χ0) is 9.14. The van der Waals surface area contributed by atoms with Crippen LogP contribution in [0.2, 0.25) is 0 Å². The molecule has 66 valence electrons. The van der Waals surface area contributed by atoms with Crippen LogP contribution in [-0.4, -0.2) is 20.2 Å². The molecule has 0 aliphatic rings. The van der Waals surface area contributed by atoms with E-state index in [2.05, 4.69) is 11.7 Å². The topological polar surface area (TPSA) is 39.8 Å². The summed E-state index contributed by atoms with van der Waals surface area (Å²) in [7, 11) is 1.65. The van der Waals surface area contributed by atoms with Crippen molar-refractivity contribution >= 4 is 11.6 Å². The average Bonchev–Trinajstić information content (AvgIpc) is 2.36. The Morgan fingerprint density at radius 3 is 2.92 bits per heavy atom. The van der Waals surface area contributed by atoms with Crippen LogP contribution < -0.4 is 5.69 Å². The molecule has 0 unspecified atom stereocenters. The molecule has 4 nitrogen and oxygen atoms in total. The van der Waals surface area contributed by atoms with Crippen LogP contribution in [0.15, 0.2) is 23.3 Å². The minimum atomic E-state index is -0.152. The number of hydrogen-bond acceptors (Lipinski definition) is 2. The van der Waals surface area contributed by atoms with Gasteiger partial charge in [0.25, 0.3) is 0 Å². The van der Waals surface area contributed by atoms with Crippen molar-refractivity contribution in [2.75, 3.05) is 5.88 Å². The number of hydrogen-bond donors (Lipinski definition) is 0. The molecule has 0 spiro atoms. The number of aromatic nitrogens is 3. The lowest BCUT2D eigenvalue weighted by molar-refractivity contribution is 0.641. The zero-order valence-corrected chi connectivity index (χ0v) is 7.58. The highest BCUT2D eigenvalue weighted by Gasteiger charge is 2.01. The molecule has 5 heteroatoms. The second-order valence-electron chi connectivity index (χ2n) is 2.57. The van der Waals surface area contributed by atoms with Gasteiger partial charge in [-0.3, -0.25) is 4.57 Å². The second-order valence-corrected chi connectivity index (χ2v) is 2.83. The molecule has 0 aliphatic carbocycles. The first kappa shape index (κ1) is 9.06. The van der Waals surface area contributed by atoms with Gasteiger partial charge in [0, 0.05) is 12.9 Å². The van der Waals surface area contributed by atoms with Gasteiger partial charge in [-0.2, -0.15) is 5.10 Å². The molecule has 1 heterocycles. The quantitative estimate of drug-likeness (QED) is 0.507. The molecule has 0 fully saturated rings.